The van der Waals surface area contributed by atoms with Gasteiger partial charge in [0.2, 0.25) is 0 Å². The van der Waals surface area contributed by atoms with Crippen molar-refractivity contribution < 1.29 is 9.53 Å². The van der Waals surface area contributed by atoms with Gasteiger partial charge in [-0.15, -0.1) is 0 Å². The summed E-state index contributed by atoms with van der Waals surface area (Å²) in [5, 5.41) is 3.37. The predicted octanol–water partition coefficient (Wildman–Crippen LogP) is 4.67. The maximum atomic E-state index is 12.0. The number of carbonyl (C=O) groups is 1. The van der Waals surface area contributed by atoms with Crippen LogP contribution in [0.15, 0.2) is 46.9 Å². The molecule has 0 aromatic heterocycles. The minimum Gasteiger partial charge on any atom is -0.482 e. The lowest BCUT2D eigenvalue weighted by Crippen LogP contribution is -2.31. The van der Waals surface area contributed by atoms with Gasteiger partial charge in [0, 0.05) is 4.47 Å². The number of nitrogens with one attached hydrogen (secondary N) is 1. The van der Waals surface area contributed by atoms with Crippen molar-refractivity contribution in [1.29, 1.82) is 0 Å². The molecule has 0 bridgehead atoms. The van der Waals surface area contributed by atoms with E-state index in [1.807, 2.05) is 44.2 Å². The Bertz CT molecular complexity index is 658. The minimum absolute atomic E-state index is 0.0719. The van der Waals surface area contributed by atoms with Crippen molar-refractivity contribution in [3.05, 3.63) is 63.1 Å². The third-order valence-electron chi connectivity index (χ3n) is 3.21. The Labute approximate surface area is 143 Å². The van der Waals surface area contributed by atoms with Crippen molar-refractivity contribution in [3.8, 4) is 5.75 Å². The van der Waals surface area contributed by atoms with E-state index in [9.17, 15) is 4.79 Å². The largest absolute Gasteiger partial charge is 0.482 e. The highest BCUT2D eigenvalue weighted by atomic mass is 79.9. The fraction of sp³-hybridized carbons (Fsp3) is 0.235. The van der Waals surface area contributed by atoms with E-state index in [0.29, 0.717) is 10.8 Å². The first-order valence-corrected chi connectivity index (χ1v) is 8.06. The molecule has 0 unspecified atom stereocenters. The van der Waals surface area contributed by atoms with Crippen molar-refractivity contribution in [2.24, 2.45) is 0 Å². The zero-order chi connectivity index (χ0) is 16.1. The molecule has 2 rings (SSSR count). The molecule has 3 nitrogen and oxygen atoms in total. The number of ether oxygens (including phenoxy) is 1. The Hall–Kier alpha value is -1.52. The third kappa shape index (κ3) is 4.75. The summed E-state index contributed by atoms with van der Waals surface area (Å²) in [5.74, 6) is 0.301. The first-order chi connectivity index (χ1) is 10.5. The minimum atomic E-state index is -0.188. The lowest BCUT2D eigenvalue weighted by atomic mass is 10.1. The number of hydrogen-bond acceptors (Lipinski definition) is 2. The van der Waals surface area contributed by atoms with E-state index in [1.54, 1.807) is 12.1 Å². The van der Waals surface area contributed by atoms with Gasteiger partial charge in [0.05, 0.1) is 11.1 Å². The summed E-state index contributed by atoms with van der Waals surface area (Å²) in [7, 11) is 0. The third-order valence-corrected chi connectivity index (χ3v) is 4.00. The molecule has 0 heterocycles. The molecule has 0 radical (unpaired) electrons. The van der Waals surface area contributed by atoms with Crippen molar-refractivity contribution in [3.63, 3.8) is 0 Å². The number of amides is 1. The summed E-state index contributed by atoms with van der Waals surface area (Å²) >= 11 is 9.36. The molecule has 5 heteroatoms. The molecule has 0 aliphatic rings. The molecule has 1 amide bonds. The average molecular weight is 383 g/mol. The maximum Gasteiger partial charge on any atom is 0.258 e. The Morgan fingerprint density at radius 1 is 1.27 bits per heavy atom. The van der Waals surface area contributed by atoms with E-state index in [2.05, 4.69) is 21.2 Å². The molecule has 116 valence electrons. The summed E-state index contributed by atoms with van der Waals surface area (Å²) in [6.07, 6.45) is 0. The molecule has 1 atom stereocenters. The predicted molar refractivity (Wildman–Crippen MR) is 92.4 cm³/mol. The second kappa shape index (κ2) is 7.65. The van der Waals surface area contributed by atoms with Gasteiger partial charge >= 0.3 is 0 Å². The van der Waals surface area contributed by atoms with Gasteiger partial charge in [0.25, 0.3) is 5.91 Å². The quantitative estimate of drug-likeness (QED) is 0.816. The molecule has 2 aromatic carbocycles. The average Bonchev–Trinajstić information content (AvgIpc) is 2.47. The van der Waals surface area contributed by atoms with E-state index in [4.69, 9.17) is 16.3 Å². The molecule has 0 aliphatic heterocycles. The van der Waals surface area contributed by atoms with E-state index >= 15 is 0 Å². The van der Waals surface area contributed by atoms with E-state index < -0.39 is 0 Å². The molecule has 2 aromatic rings. The fourth-order valence-corrected chi connectivity index (χ4v) is 2.69. The van der Waals surface area contributed by atoms with Crippen LogP contribution in [0.3, 0.4) is 0 Å². The molecular weight excluding hydrogens is 366 g/mol. The molecule has 0 fully saturated rings. The normalized spacial score (nSPS) is 11.8. The van der Waals surface area contributed by atoms with Crippen molar-refractivity contribution >= 4 is 33.4 Å². The van der Waals surface area contributed by atoms with Crippen LogP contribution in [0.1, 0.15) is 24.1 Å². The van der Waals surface area contributed by atoms with Crippen LogP contribution in [0.2, 0.25) is 5.02 Å². The Kier molecular flexibility index (Phi) is 5.86. The van der Waals surface area contributed by atoms with Crippen LogP contribution in [0, 0.1) is 6.92 Å². The molecular formula is C17H17BrClNO2. The Balaban J connectivity index is 1.88. The van der Waals surface area contributed by atoms with Gasteiger partial charge in [-0.25, -0.2) is 0 Å². The monoisotopic (exact) mass is 381 g/mol. The van der Waals surface area contributed by atoms with Gasteiger partial charge in [-0.1, -0.05) is 57.4 Å². The lowest BCUT2D eigenvalue weighted by molar-refractivity contribution is -0.123. The highest BCUT2D eigenvalue weighted by Gasteiger charge is 2.11. The van der Waals surface area contributed by atoms with E-state index in [-0.39, 0.29) is 18.6 Å². The summed E-state index contributed by atoms with van der Waals surface area (Å²) in [4.78, 5) is 12.0. The number of aryl methyl sites for hydroxylation is 1. The highest BCUT2D eigenvalue weighted by molar-refractivity contribution is 9.10. The molecule has 0 saturated carbocycles. The van der Waals surface area contributed by atoms with Crippen LogP contribution in [-0.4, -0.2) is 12.5 Å². The first-order valence-electron chi connectivity index (χ1n) is 6.89. The zero-order valence-corrected chi connectivity index (χ0v) is 14.7. The first kappa shape index (κ1) is 16.8. The smallest absolute Gasteiger partial charge is 0.258 e. The van der Waals surface area contributed by atoms with Gasteiger partial charge in [-0.05, 0) is 37.6 Å². The summed E-state index contributed by atoms with van der Waals surface area (Å²) in [5.41, 5.74) is 2.25. The maximum absolute atomic E-state index is 12.0. The summed E-state index contributed by atoms with van der Waals surface area (Å²) in [6.45, 7) is 3.90. The van der Waals surface area contributed by atoms with Gasteiger partial charge in [0.1, 0.15) is 5.75 Å². The topological polar surface area (TPSA) is 38.3 Å². The Morgan fingerprint density at radius 3 is 2.59 bits per heavy atom. The van der Waals surface area contributed by atoms with E-state index in [0.717, 1.165) is 10.0 Å². The number of hydrogen-bond donors (Lipinski definition) is 1. The number of carbonyl (C=O) groups excluding carboxylic acids is 1. The van der Waals surface area contributed by atoms with Crippen molar-refractivity contribution in [2.75, 3.05) is 6.61 Å². The van der Waals surface area contributed by atoms with E-state index in [1.165, 1.54) is 5.56 Å². The van der Waals surface area contributed by atoms with Crippen molar-refractivity contribution in [1.82, 2.24) is 5.32 Å². The van der Waals surface area contributed by atoms with Gasteiger partial charge in [-0.2, -0.15) is 0 Å². The van der Waals surface area contributed by atoms with Crippen LogP contribution in [0.4, 0.5) is 0 Å². The van der Waals surface area contributed by atoms with Gasteiger partial charge in [0.15, 0.2) is 6.61 Å². The Morgan fingerprint density at radius 2 is 1.95 bits per heavy atom. The van der Waals surface area contributed by atoms with Crippen LogP contribution in [0.5, 0.6) is 5.75 Å². The molecule has 22 heavy (non-hydrogen) atoms. The van der Waals surface area contributed by atoms with Gasteiger partial charge < -0.3 is 10.1 Å². The zero-order valence-electron chi connectivity index (χ0n) is 12.4. The second-order valence-electron chi connectivity index (χ2n) is 5.06. The molecule has 0 spiro atoms. The summed E-state index contributed by atoms with van der Waals surface area (Å²) in [6, 6.07) is 13.3. The van der Waals surface area contributed by atoms with Gasteiger partial charge in [-0.3, -0.25) is 4.79 Å². The number of rotatable bonds is 5. The number of halogens is 2. The fourth-order valence-electron chi connectivity index (χ4n) is 1.96. The standard InChI is InChI=1S/C17H17BrClNO2/c1-11-3-5-13(6-4-11)12(2)20-17(21)10-22-16-8-7-14(18)9-15(16)19/h3-9,12H,10H2,1-2H3,(H,20,21)/t12-/m1/s1. The lowest BCUT2D eigenvalue weighted by Gasteiger charge is -2.15. The van der Waals surface area contributed by atoms with Crippen LogP contribution >= 0.6 is 27.5 Å². The van der Waals surface area contributed by atoms with Crippen molar-refractivity contribution in [2.45, 2.75) is 19.9 Å². The molecule has 1 N–H and O–H groups in total. The number of benzene rings is 2. The van der Waals surface area contributed by atoms with Crippen LogP contribution < -0.4 is 10.1 Å². The van der Waals surface area contributed by atoms with Crippen LogP contribution in [-0.2, 0) is 4.79 Å². The second-order valence-corrected chi connectivity index (χ2v) is 6.39. The SMILES string of the molecule is Cc1ccc([C@@H](C)NC(=O)COc2ccc(Br)cc2Cl)cc1. The molecule has 0 aliphatic carbocycles. The highest BCUT2D eigenvalue weighted by Crippen LogP contribution is 2.27. The summed E-state index contributed by atoms with van der Waals surface area (Å²) < 4.78 is 6.31. The van der Waals surface area contributed by atoms with Crippen LogP contribution in [0.25, 0.3) is 0 Å². The molecule has 0 saturated heterocycles.